The van der Waals surface area contributed by atoms with E-state index in [-0.39, 0.29) is 5.41 Å². The molecule has 4 fully saturated rings. The highest BCUT2D eigenvalue weighted by molar-refractivity contribution is 6.12. The van der Waals surface area contributed by atoms with E-state index in [4.69, 9.17) is 0 Å². The van der Waals surface area contributed by atoms with Crippen molar-refractivity contribution >= 4 is 43.6 Å². The maximum Gasteiger partial charge on any atom is 0.0547 e. The summed E-state index contributed by atoms with van der Waals surface area (Å²) in [6, 6.07) is 77.8. The number of fused-ring (bicyclic) bond motifs is 9. The van der Waals surface area contributed by atoms with Crippen LogP contribution in [0.2, 0.25) is 0 Å². The van der Waals surface area contributed by atoms with Gasteiger partial charge < -0.3 is 9.13 Å². The molecular weight excluding hydrogens is 797 g/mol. The number of hydrogen-bond acceptors (Lipinski definition) is 0. The summed E-state index contributed by atoms with van der Waals surface area (Å²) in [7, 11) is 0. The summed E-state index contributed by atoms with van der Waals surface area (Å²) >= 11 is 0. The Morgan fingerprint density at radius 3 is 1.62 bits per heavy atom. The second-order valence-corrected chi connectivity index (χ2v) is 20.1. The third-order valence-electron chi connectivity index (χ3n) is 16.9. The first kappa shape index (κ1) is 36.9. The van der Waals surface area contributed by atoms with Crippen LogP contribution in [0.15, 0.2) is 206 Å². The zero-order valence-electron chi connectivity index (χ0n) is 36.9. The van der Waals surface area contributed by atoms with E-state index >= 15 is 0 Å². The number of hydrogen-bond donors (Lipinski definition) is 0. The molecular formula is C64H48N2. The second-order valence-electron chi connectivity index (χ2n) is 20.1. The number of nitrogens with zero attached hydrogens (tertiary/aromatic N) is 2. The van der Waals surface area contributed by atoms with E-state index in [1.54, 1.807) is 11.1 Å². The molecule has 0 atom stereocenters. The lowest BCUT2D eigenvalue weighted by molar-refractivity contribution is -0.0399. The molecule has 0 saturated heterocycles. The van der Waals surface area contributed by atoms with Crippen LogP contribution in [-0.2, 0) is 5.41 Å². The molecule has 11 aromatic rings. The fourth-order valence-electron chi connectivity index (χ4n) is 14.4. The largest absolute Gasteiger partial charge is 0.309 e. The number of rotatable bonds is 5. The van der Waals surface area contributed by atoms with E-state index in [9.17, 15) is 0 Å². The fraction of sp³-hybridized carbons (Fsp3) is 0.156. The van der Waals surface area contributed by atoms with Gasteiger partial charge in [-0.2, -0.15) is 0 Å². The van der Waals surface area contributed by atoms with Crippen molar-refractivity contribution < 1.29 is 0 Å². The Morgan fingerprint density at radius 2 is 0.833 bits per heavy atom. The van der Waals surface area contributed by atoms with Crippen molar-refractivity contribution in [3.8, 4) is 55.9 Å². The topological polar surface area (TPSA) is 9.86 Å². The summed E-state index contributed by atoms with van der Waals surface area (Å²) < 4.78 is 4.90. The summed E-state index contributed by atoms with van der Waals surface area (Å²) in [6.07, 6.45) is 7.10. The molecule has 0 amide bonds. The standard InChI is InChI=1S/C64H48N2/c1-2-11-42(12-3-1)44-13-10-14-51(36-44)66-61-20-9-6-17-55(61)57-37-45(25-30-62(57)66)47-24-29-56-54-16-5-8-19-60(54)65(63(56)39-47)50-26-21-43(22-27-50)46-23-28-53-52-15-4-7-18-58(52)64(59(53)38-46)48-32-40-31-41(34-48)35-49(64)33-40/h1-30,36-41,48-49H,31-35H2. The van der Waals surface area contributed by atoms with Gasteiger partial charge in [0.15, 0.2) is 0 Å². The van der Waals surface area contributed by atoms with Crippen LogP contribution in [0.5, 0.6) is 0 Å². The normalized spacial score (nSPS) is 21.4. The highest BCUT2D eigenvalue weighted by Crippen LogP contribution is 2.69. The molecule has 4 bridgehead atoms. The van der Waals surface area contributed by atoms with E-state index in [2.05, 4.69) is 215 Å². The molecule has 4 saturated carbocycles. The van der Waals surface area contributed by atoms with Crippen LogP contribution in [0.4, 0.5) is 0 Å². The summed E-state index contributed by atoms with van der Waals surface area (Å²) in [6.45, 7) is 0. The molecule has 66 heavy (non-hydrogen) atoms. The van der Waals surface area contributed by atoms with Gasteiger partial charge in [-0.1, -0.05) is 146 Å². The van der Waals surface area contributed by atoms with E-state index in [1.165, 1.54) is 132 Å². The van der Waals surface area contributed by atoms with Crippen LogP contribution in [0.3, 0.4) is 0 Å². The van der Waals surface area contributed by atoms with Gasteiger partial charge in [-0.25, -0.2) is 0 Å². The lowest BCUT2D eigenvalue weighted by atomic mass is 9.43. The van der Waals surface area contributed by atoms with E-state index in [0.29, 0.717) is 0 Å². The van der Waals surface area contributed by atoms with Gasteiger partial charge in [0.2, 0.25) is 0 Å². The Labute approximate surface area is 385 Å². The van der Waals surface area contributed by atoms with Crippen molar-refractivity contribution in [1.29, 1.82) is 0 Å². The van der Waals surface area contributed by atoms with Crippen LogP contribution in [0, 0.1) is 23.7 Å². The Morgan fingerprint density at radius 1 is 0.303 bits per heavy atom. The highest BCUT2D eigenvalue weighted by Gasteiger charge is 2.61. The van der Waals surface area contributed by atoms with E-state index < -0.39 is 0 Å². The number of para-hydroxylation sites is 2. The Bertz CT molecular complexity index is 3740. The molecule has 16 rings (SSSR count). The highest BCUT2D eigenvalue weighted by atomic mass is 15.0. The molecule has 0 aliphatic heterocycles. The molecule has 1 spiro atoms. The second kappa shape index (κ2) is 13.8. The van der Waals surface area contributed by atoms with Crippen LogP contribution in [-0.4, -0.2) is 9.13 Å². The first-order chi connectivity index (χ1) is 32.7. The average Bonchev–Trinajstić information content (AvgIpc) is 3.99. The first-order valence-electron chi connectivity index (χ1n) is 24.3. The molecule has 9 aromatic carbocycles. The number of benzene rings is 9. The van der Waals surface area contributed by atoms with Gasteiger partial charge in [0, 0.05) is 38.3 Å². The SMILES string of the molecule is c1ccc(-c2cccc(-n3c4ccccc4c4cc(-c5ccc6c7ccccc7n(-c7ccc(-c8ccc9c(c8)C8(c%10ccccc%10-9)C9CC%10CC(C9)CC8C%10)cc7)c6c5)ccc43)c2)cc1. The molecule has 0 N–H and O–H groups in total. The van der Waals surface area contributed by atoms with Crippen LogP contribution in [0.25, 0.3) is 99.5 Å². The number of aromatic nitrogens is 2. The van der Waals surface area contributed by atoms with Gasteiger partial charge in [0.25, 0.3) is 0 Å². The Balaban J connectivity index is 0.825. The molecule has 2 heterocycles. The van der Waals surface area contributed by atoms with Gasteiger partial charge in [-0.3, -0.25) is 0 Å². The predicted octanol–water partition coefficient (Wildman–Crippen LogP) is 16.6. The fourth-order valence-corrected chi connectivity index (χ4v) is 14.4. The lowest BCUT2D eigenvalue weighted by Gasteiger charge is -2.61. The lowest BCUT2D eigenvalue weighted by Crippen LogP contribution is -2.55. The molecule has 314 valence electrons. The van der Waals surface area contributed by atoms with Gasteiger partial charge in [-0.05, 0) is 172 Å². The monoisotopic (exact) mass is 844 g/mol. The van der Waals surface area contributed by atoms with Crippen molar-refractivity contribution in [1.82, 2.24) is 9.13 Å². The zero-order valence-corrected chi connectivity index (χ0v) is 36.9. The average molecular weight is 845 g/mol. The molecule has 2 heteroatoms. The van der Waals surface area contributed by atoms with Gasteiger partial charge in [0.1, 0.15) is 0 Å². The van der Waals surface area contributed by atoms with Crippen LogP contribution >= 0.6 is 0 Å². The van der Waals surface area contributed by atoms with Crippen LogP contribution in [0.1, 0.15) is 43.2 Å². The van der Waals surface area contributed by atoms with Crippen molar-refractivity contribution in [3.63, 3.8) is 0 Å². The maximum atomic E-state index is 2.62. The Hall–Kier alpha value is -7.42. The third kappa shape index (κ3) is 5.13. The molecule has 0 unspecified atom stereocenters. The molecule has 5 aliphatic carbocycles. The smallest absolute Gasteiger partial charge is 0.0547 e. The van der Waals surface area contributed by atoms with Gasteiger partial charge in [0.05, 0.1) is 22.1 Å². The summed E-state index contributed by atoms with van der Waals surface area (Å²) in [4.78, 5) is 0. The van der Waals surface area contributed by atoms with Crippen molar-refractivity contribution in [2.75, 3.05) is 0 Å². The third-order valence-corrected chi connectivity index (χ3v) is 16.9. The summed E-state index contributed by atoms with van der Waals surface area (Å²) in [5.74, 6) is 3.40. The summed E-state index contributed by atoms with van der Waals surface area (Å²) in [5, 5.41) is 5.07. The first-order valence-corrected chi connectivity index (χ1v) is 24.3. The predicted molar refractivity (Wildman–Crippen MR) is 275 cm³/mol. The van der Waals surface area contributed by atoms with Crippen molar-refractivity contribution in [3.05, 3.63) is 217 Å². The molecule has 2 nitrogen and oxygen atoms in total. The Kier molecular flexibility index (Phi) is 7.71. The van der Waals surface area contributed by atoms with Crippen molar-refractivity contribution in [2.24, 2.45) is 23.7 Å². The minimum atomic E-state index is 0.173. The minimum Gasteiger partial charge on any atom is -0.309 e. The van der Waals surface area contributed by atoms with E-state index in [0.717, 1.165) is 23.7 Å². The van der Waals surface area contributed by atoms with Gasteiger partial charge >= 0.3 is 0 Å². The van der Waals surface area contributed by atoms with E-state index in [1.807, 2.05) is 0 Å². The van der Waals surface area contributed by atoms with Crippen LogP contribution < -0.4 is 0 Å². The van der Waals surface area contributed by atoms with Gasteiger partial charge in [-0.15, -0.1) is 0 Å². The molecule has 2 aromatic heterocycles. The zero-order chi connectivity index (χ0) is 43.1. The molecule has 5 aliphatic rings. The minimum absolute atomic E-state index is 0.173. The quantitative estimate of drug-likeness (QED) is 0.163. The van der Waals surface area contributed by atoms with Crippen molar-refractivity contribution in [2.45, 2.75) is 37.5 Å². The maximum absolute atomic E-state index is 2.62. The summed E-state index contributed by atoms with van der Waals surface area (Å²) in [5.41, 5.74) is 21.1. The molecule has 0 radical (unpaired) electrons.